The van der Waals surface area contributed by atoms with Gasteiger partial charge in [0.05, 0.1) is 42.3 Å². The Kier molecular flexibility index (Phi) is 66.8. The van der Waals surface area contributed by atoms with Gasteiger partial charge in [-0.25, -0.2) is 0 Å². The Morgan fingerprint density at radius 2 is 0.397 bits per heavy atom. The maximum Gasteiger partial charge on any atom is 0.243 e. The van der Waals surface area contributed by atoms with Crippen molar-refractivity contribution in [3.05, 3.63) is 0 Å². The van der Waals surface area contributed by atoms with Gasteiger partial charge in [-0.2, -0.15) is 0 Å². The van der Waals surface area contributed by atoms with Crippen LogP contribution in [0.1, 0.15) is 516 Å². The van der Waals surface area contributed by atoms with Crippen molar-refractivity contribution in [1.29, 1.82) is 0 Å². The number of carbonyl (C=O) groups excluding carboxylic acids is 10. The van der Waals surface area contributed by atoms with Crippen molar-refractivity contribution in [2.45, 2.75) is 625 Å². The lowest BCUT2D eigenvalue weighted by atomic mass is 9.82. The van der Waals surface area contributed by atoms with Crippen molar-refractivity contribution in [2.75, 3.05) is 52.4 Å². The number of hydrogen-bond acceptors (Lipinski definition) is 20. The molecule has 0 rings (SSSR count). The van der Waals surface area contributed by atoms with E-state index in [2.05, 4.69) is 319 Å². The third kappa shape index (κ3) is 82.5. The number of carbonyl (C=O) groups is 10. The van der Waals surface area contributed by atoms with E-state index in [4.69, 9.17) is 0 Å². The Balaban J connectivity index is 0. The molecule has 0 aliphatic heterocycles. The van der Waals surface area contributed by atoms with Crippen LogP contribution in [0.25, 0.3) is 0 Å². The molecule has 0 aromatic heterocycles. The highest BCUT2D eigenvalue weighted by Crippen LogP contribution is 2.31. The van der Waals surface area contributed by atoms with Crippen LogP contribution in [0.15, 0.2) is 0 Å². The van der Waals surface area contributed by atoms with E-state index < -0.39 is 52.5 Å². The molecule has 7 amide bonds. The maximum absolute atomic E-state index is 14.8. The van der Waals surface area contributed by atoms with Crippen LogP contribution in [0.3, 0.4) is 0 Å². The summed E-state index contributed by atoms with van der Waals surface area (Å²) in [7, 11) is 0. The average molecular weight is 2070 g/mol. The van der Waals surface area contributed by atoms with Crippen LogP contribution in [-0.4, -0.2) is 221 Å². The maximum atomic E-state index is 14.8. The summed E-state index contributed by atoms with van der Waals surface area (Å²) >= 11 is 0. The van der Waals surface area contributed by atoms with Crippen molar-refractivity contribution < 1.29 is 47.9 Å². The zero-order valence-corrected chi connectivity index (χ0v) is 103. The van der Waals surface area contributed by atoms with Gasteiger partial charge in [0, 0.05) is 98.2 Å². The molecule has 0 radical (unpaired) electrons. The first-order valence-corrected chi connectivity index (χ1v) is 57.7. The van der Waals surface area contributed by atoms with Gasteiger partial charge in [-0.3, -0.25) is 47.9 Å². The molecule has 0 aliphatic rings. The fourth-order valence-corrected chi connectivity index (χ4v) is 17.6. The summed E-state index contributed by atoms with van der Waals surface area (Å²) in [4.78, 5) is 140. The van der Waals surface area contributed by atoms with Crippen LogP contribution >= 0.6 is 0 Å². The number of amides is 7. The molecule has 0 heterocycles. The third-order valence-electron chi connectivity index (χ3n) is 24.9. The summed E-state index contributed by atoms with van der Waals surface area (Å²) in [6, 6.07) is -4.97. The predicted octanol–water partition coefficient (Wildman–Crippen LogP) is 20.1. The summed E-state index contributed by atoms with van der Waals surface area (Å²) in [5, 5.41) is 57.3. The molecule has 860 valence electrons. The molecular weight excluding hydrogens is 1830 g/mol. The van der Waals surface area contributed by atoms with E-state index in [-0.39, 0.29) is 145 Å². The lowest BCUT2D eigenvalue weighted by molar-refractivity contribution is -0.135. The normalized spacial score (nSPS) is 15.3. The Labute approximate surface area is 897 Å². The van der Waals surface area contributed by atoms with Crippen LogP contribution in [0, 0.1) is 27.6 Å². The molecule has 27 heteroatoms. The summed E-state index contributed by atoms with van der Waals surface area (Å²) in [6.45, 7) is 93.3. The molecule has 146 heavy (non-hydrogen) atoms. The van der Waals surface area contributed by atoms with Crippen LogP contribution < -0.4 is 90.4 Å². The van der Waals surface area contributed by atoms with Gasteiger partial charge in [0.25, 0.3) is 0 Å². The Hall–Kier alpha value is -5.10. The number of unbranched alkanes of at least 4 members (excludes halogenated alkanes) is 12. The number of nitrogens with one attached hydrogen (secondary N) is 17. The molecule has 0 fully saturated rings. The highest BCUT2D eigenvalue weighted by molar-refractivity contribution is 5.96. The molecule has 10 unspecified atom stereocenters. The summed E-state index contributed by atoms with van der Waals surface area (Å²) < 4.78 is 0. The monoisotopic (exact) mass is 2070 g/mol. The average Bonchev–Trinajstić information content (AvgIpc) is 0.861. The van der Waals surface area contributed by atoms with Crippen molar-refractivity contribution in [3.8, 4) is 0 Å². The summed E-state index contributed by atoms with van der Waals surface area (Å²) in [5.41, 5.74) is -2.34. The first-order valence-electron chi connectivity index (χ1n) is 57.7. The minimum absolute atomic E-state index is 0.000234. The molecule has 0 bridgehead atoms. The molecule has 0 aliphatic carbocycles. The van der Waals surface area contributed by atoms with E-state index in [0.717, 1.165) is 155 Å². The van der Waals surface area contributed by atoms with Crippen LogP contribution in [0.5, 0.6) is 0 Å². The topological polar surface area (TPSA) is 375 Å². The molecular formula is C119H239N17O10. The molecule has 10 atom stereocenters. The Morgan fingerprint density at radius 1 is 0.185 bits per heavy atom. The molecule has 0 saturated carbocycles. The minimum Gasteiger partial charge on any atom is -0.355 e. The second-order valence-electron chi connectivity index (χ2n) is 57.6. The van der Waals surface area contributed by atoms with Crippen molar-refractivity contribution >= 4 is 58.7 Å². The van der Waals surface area contributed by atoms with E-state index in [1.807, 2.05) is 62.3 Å². The standard InChI is InChI=1S/C81H161N11O7.C38H78N6O3/c1-73(2,3)52-38-29-31-45-60(90-79(19,20)21)66(93)51-32-28-30-47-62(88-68(95)59(58-74(4,5)6)44-33-41-55-84-76(10,11)12)69(96)82-53-39-34-46-61(67(94)75(7,8)9)87-71(98)63(89-72(99)65(92-81(25,26)27)50-37-43-57-86-78(16,17)18)48-35-40-54-83-70(97)64(91-80(22,23)24)49-36-42-56-85-77(13,14)15;1-34(2,3)31(45)28(42-33(47)30(44-38(13,14)15)24-18-21-27-41-36(7,8)9)22-16-19-25-39-32(46)29(43-37(10,11)12)23-17-20-26-40-35(4,5)6/h59-65,84-86,90-92H,28-58H2,1-27H3,(H,82,96)(H,83,97)(H,87,98)(H,88,95)(H,89,99);28-30,40-41,43-44H,16-27H2,1-15H3,(H,39,46)(H,42,47). The summed E-state index contributed by atoms with van der Waals surface area (Å²) in [5.74, 6) is -1.41. The number of Topliss-reactive ketones (excluding diaryl/α,β-unsaturated/α-hetero) is 3. The zero-order chi connectivity index (χ0) is 113. The lowest BCUT2D eigenvalue weighted by Crippen LogP contribution is -2.57. The smallest absolute Gasteiger partial charge is 0.243 e. The second-order valence-corrected chi connectivity index (χ2v) is 57.6. The van der Waals surface area contributed by atoms with Crippen molar-refractivity contribution in [2.24, 2.45) is 27.6 Å². The zero-order valence-electron chi connectivity index (χ0n) is 103. The molecule has 0 aromatic carbocycles. The van der Waals surface area contributed by atoms with Gasteiger partial charge in [-0.15, -0.1) is 0 Å². The Morgan fingerprint density at radius 3 is 0.671 bits per heavy atom. The van der Waals surface area contributed by atoms with Gasteiger partial charge in [-0.1, -0.05) is 147 Å². The van der Waals surface area contributed by atoms with Gasteiger partial charge in [0.1, 0.15) is 17.9 Å². The van der Waals surface area contributed by atoms with E-state index in [9.17, 15) is 47.9 Å². The molecule has 17 N–H and O–H groups in total. The third-order valence-corrected chi connectivity index (χ3v) is 24.9. The molecule has 27 nitrogen and oxygen atoms in total. The number of ketones is 3. The predicted molar refractivity (Wildman–Crippen MR) is 617 cm³/mol. The first kappa shape index (κ1) is 143. The van der Waals surface area contributed by atoms with E-state index in [1.54, 1.807) is 0 Å². The minimum atomic E-state index is -0.964. The van der Waals surface area contributed by atoms with Crippen molar-refractivity contribution in [1.82, 2.24) is 90.4 Å². The summed E-state index contributed by atoms with van der Waals surface area (Å²) in [6.07, 6.45) is 26.1. The van der Waals surface area contributed by atoms with Gasteiger partial charge in [0.15, 0.2) is 11.6 Å². The van der Waals surface area contributed by atoms with Crippen LogP contribution in [0.4, 0.5) is 0 Å². The van der Waals surface area contributed by atoms with Crippen LogP contribution in [0.2, 0.25) is 0 Å². The first-order chi connectivity index (χ1) is 66.4. The largest absolute Gasteiger partial charge is 0.355 e. The lowest BCUT2D eigenvalue weighted by Gasteiger charge is -2.31. The van der Waals surface area contributed by atoms with E-state index >= 15 is 0 Å². The molecule has 0 spiro atoms. The fourth-order valence-electron chi connectivity index (χ4n) is 17.6. The SMILES string of the molecule is CC(C)(C)CCCCCC(NC(C)(C)C)C(=O)CCCCCC(NC(=O)C(CCCCNC(C)(C)C)CC(C)(C)C)C(=O)NCCCCC(NC(=O)C(CCCCNC(=O)C(CCCCNC(C)(C)C)NC(C)(C)C)NC(=O)C(CCCCNC(C)(C)C)NC(C)(C)C)C(=O)C(C)(C)C.CC(C)(C)NCCCCC(NC(C)(C)C)C(=O)NCCCCC(NC(=O)C(CCCCNC(C)(C)C)NC(C)(C)C)C(=O)C(C)(C)C. The number of rotatable bonds is 71. The highest BCUT2D eigenvalue weighted by Gasteiger charge is 2.39. The Bertz CT molecular complexity index is 3640. The van der Waals surface area contributed by atoms with Gasteiger partial charge in [-0.05, 0) is 405 Å². The fraction of sp³-hybridized carbons (Fsp3) is 0.916. The quantitative estimate of drug-likeness (QED) is 0.0252. The van der Waals surface area contributed by atoms with Gasteiger partial charge in [0.2, 0.25) is 41.4 Å². The van der Waals surface area contributed by atoms with E-state index in [0.29, 0.717) is 121 Å². The van der Waals surface area contributed by atoms with Crippen LogP contribution in [-0.2, 0) is 47.9 Å². The molecule has 0 saturated heterocycles. The molecule has 0 aromatic rings. The van der Waals surface area contributed by atoms with Gasteiger partial charge < -0.3 is 90.4 Å². The van der Waals surface area contributed by atoms with E-state index in [1.165, 1.54) is 0 Å². The number of hydrogen-bond donors (Lipinski definition) is 17. The highest BCUT2D eigenvalue weighted by atomic mass is 16.2. The van der Waals surface area contributed by atoms with Gasteiger partial charge >= 0.3 is 0 Å². The second kappa shape index (κ2) is 68.2. The van der Waals surface area contributed by atoms with Crippen molar-refractivity contribution in [3.63, 3.8) is 0 Å².